The Balaban J connectivity index is 2.56. The minimum atomic E-state index is -3.61. The first-order valence-electron chi connectivity index (χ1n) is 5.06. The number of halogens is 1. The Labute approximate surface area is 114 Å². The second-order valence-corrected chi connectivity index (χ2v) is 6.96. The van der Waals surface area contributed by atoms with Gasteiger partial charge in [-0.3, -0.25) is 4.79 Å². The normalized spacial score (nSPS) is 11.5. The molecule has 1 heterocycles. The summed E-state index contributed by atoms with van der Waals surface area (Å²) in [5.41, 5.74) is 0.366. The van der Waals surface area contributed by atoms with Crippen LogP contribution in [0.1, 0.15) is 18.5 Å². The summed E-state index contributed by atoms with van der Waals surface area (Å²) in [6.45, 7) is 1.73. The third-order valence-corrected chi connectivity index (χ3v) is 5.38. The van der Waals surface area contributed by atoms with Gasteiger partial charge in [-0.25, -0.2) is 18.1 Å². The van der Waals surface area contributed by atoms with Crippen LogP contribution in [0.5, 0.6) is 0 Å². The highest BCUT2D eigenvalue weighted by atomic mass is 35.5. The number of carbonyl (C=O) groups is 1. The van der Waals surface area contributed by atoms with Crippen molar-refractivity contribution in [1.29, 1.82) is 0 Å². The predicted molar refractivity (Wildman–Crippen MR) is 68.3 cm³/mol. The molecule has 0 atom stereocenters. The SMILES string of the molecule is COC(=O)CCCNS(=O)(=O)c1sc(Cl)nc1C. The minimum Gasteiger partial charge on any atom is -0.469 e. The molecule has 0 aliphatic rings. The maximum absolute atomic E-state index is 11.9. The van der Waals surface area contributed by atoms with Gasteiger partial charge in [0.2, 0.25) is 0 Å². The van der Waals surface area contributed by atoms with Gasteiger partial charge in [0.05, 0.1) is 12.8 Å². The van der Waals surface area contributed by atoms with Gasteiger partial charge in [-0.15, -0.1) is 0 Å². The van der Waals surface area contributed by atoms with Crippen LogP contribution in [0.3, 0.4) is 0 Å². The summed E-state index contributed by atoms with van der Waals surface area (Å²) in [7, 11) is -2.32. The molecule has 9 heteroatoms. The van der Waals surface area contributed by atoms with Crippen molar-refractivity contribution in [1.82, 2.24) is 9.71 Å². The van der Waals surface area contributed by atoms with Crippen molar-refractivity contribution in [2.75, 3.05) is 13.7 Å². The van der Waals surface area contributed by atoms with E-state index in [9.17, 15) is 13.2 Å². The number of hydrogen-bond acceptors (Lipinski definition) is 6. The van der Waals surface area contributed by atoms with Crippen LogP contribution in [0.25, 0.3) is 0 Å². The lowest BCUT2D eigenvalue weighted by atomic mass is 10.3. The number of esters is 1. The number of thiazole rings is 1. The fraction of sp³-hybridized carbons (Fsp3) is 0.556. The summed E-state index contributed by atoms with van der Waals surface area (Å²) in [5.74, 6) is -0.369. The lowest BCUT2D eigenvalue weighted by molar-refractivity contribution is -0.140. The highest BCUT2D eigenvalue weighted by molar-refractivity contribution is 7.91. The Kier molecular flexibility index (Phi) is 5.51. The van der Waals surface area contributed by atoms with Crippen molar-refractivity contribution in [3.8, 4) is 0 Å². The quantitative estimate of drug-likeness (QED) is 0.633. The molecule has 6 nitrogen and oxygen atoms in total. The van der Waals surface area contributed by atoms with E-state index >= 15 is 0 Å². The fourth-order valence-corrected chi connectivity index (χ4v) is 4.06. The van der Waals surface area contributed by atoms with Crippen LogP contribution in [0.2, 0.25) is 4.47 Å². The molecular weight excluding hydrogens is 300 g/mol. The average molecular weight is 313 g/mol. The first kappa shape index (κ1) is 15.4. The van der Waals surface area contributed by atoms with Crippen LogP contribution >= 0.6 is 22.9 Å². The van der Waals surface area contributed by atoms with Crippen LogP contribution in [0, 0.1) is 6.92 Å². The van der Waals surface area contributed by atoms with Gasteiger partial charge in [-0.2, -0.15) is 0 Å². The molecule has 0 bridgehead atoms. The molecule has 0 fully saturated rings. The number of aromatic nitrogens is 1. The van der Waals surface area contributed by atoms with Gasteiger partial charge in [0.25, 0.3) is 10.0 Å². The van der Waals surface area contributed by atoms with Gasteiger partial charge < -0.3 is 4.74 Å². The lowest BCUT2D eigenvalue weighted by Gasteiger charge is -2.04. The number of methoxy groups -OCH3 is 1. The molecule has 1 rings (SSSR count). The number of sulfonamides is 1. The number of rotatable bonds is 6. The van der Waals surface area contributed by atoms with Gasteiger partial charge in [0, 0.05) is 13.0 Å². The number of hydrogen-bond donors (Lipinski definition) is 1. The van der Waals surface area contributed by atoms with E-state index in [-0.39, 0.29) is 27.6 Å². The second kappa shape index (κ2) is 6.46. The largest absolute Gasteiger partial charge is 0.469 e. The van der Waals surface area contributed by atoms with Crippen molar-refractivity contribution in [2.24, 2.45) is 0 Å². The van der Waals surface area contributed by atoms with Crippen LogP contribution in [-0.4, -0.2) is 33.0 Å². The van der Waals surface area contributed by atoms with Gasteiger partial charge in [0.15, 0.2) is 8.68 Å². The second-order valence-electron chi connectivity index (χ2n) is 3.42. The number of nitrogens with zero attached hydrogens (tertiary/aromatic N) is 1. The molecule has 18 heavy (non-hydrogen) atoms. The molecule has 1 aromatic heterocycles. The summed E-state index contributed by atoms with van der Waals surface area (Å²) < 4.78 is 30.8. The first-order valence-corrected chi connectivity index (χ1v) is 7.74. The van der Waals surface area contributed by atoms with E-state index in [2.05, 4.69) is 14.4 Å². The number of nitrogens with one attached hydrogen (secondary N) is 1. The summed E-state index contributed by atoms with van der Waals surface area (Å²) >= 11 is 6.55. The molecule has 0 unspecified atom stereocenters. The van der Waals surface area contributed by atoms with Gasteiger partial charge in [-0.1, -0.05) is 22.9 Å². The maximum atomic E-state index is 11.9. The average Bonchev–Trinajstić information content (AvgIpc) is 2.64. The molecule has 0 amide bonds. The number of ether oxygens (including phenoxy) is 1. The van der Waals surface area contributed by atoms with Crippen LogP contribution < -0.4 is 4.72 Å². The van der Waals surface area contributed by atoms with E-state index in [4.69, 9.17) is 11.6 Å². The van der Waals surface area contributed by atoms with Crippen LogP contribution in [-0.2, 0) is 19.6 Å². The summed E-state index contributed by atoms with van der Waals surface area (Å²) in [6.07, 6.45) is 0.541. The summed E-state index contributed by atoms with van der Waals surface area (Å²) in [4.78, 5) is 14.7. The van der Waals surface area contributed by atoms with Gasteiger partial charge in [0.1, 0.15) is 0 Å². The molecule has 0 aliphatic carbocycles. The molecule has 1 aromatic rings. The molecule has 0 spiro atoms. The molecule has 0 radical (unpaired) electrons. The van der Waals surface area contributed by atoms with Crippen LogP contribution in [0.15, 0.2) is 4.21 Å². The molecule has 0 aliphatic heterocycles. The fourth-order valence-electron chi connectivity index (χ4n) is 1.21. The zero-order valence-electron chi connectivity index (χ0n) is 9.90. The van der Waals surface area contributed by atoms with E-state index < -0.39 is 10.0 Å². The molecular formula is C9H13ClN2O4S2. The topological polar surface area (TPSA) is 85.4 Å². The Morgan fingerprint density at radius 2 is 2.22 bits per heavy atom. The van der Waals surface area contributed by atoms with Gasteiger partial charge >= 0.3 is 5.97 Å². The highest BCUT2D eigenvalue weighted by Gasteiger charge is 2.20. The maximum Gasteiger partial charge on any atom is 0.305 e. The van der Waals surface area contributed by atoms with Crippen LogP contribution in [0.4, 0.5) is 0 Å². The van der Waals surface area contributed by atoms with Crippen molar-refractivity contribution >= 4 is 38.9 Å². The molecule has 0 saturated heterocycles. The zero-order chi connectivity index (χ0) is 13.8. The molecule has 1 N–H and O–H groups in total. The van der Waals surface area contributed by atoms with Crippen molar-refractivity contribution < 1.29 is 17.9 Å². The predicted octanol–water partition coefficient (Wildman–Crippen LogP) is 1.34. The zero-order valence-corrected chi connectivity index (χ0v) is 12.3. The first-order chi connectivity index (χ1) is 8.36. The Morgan fingerprint density at radius 3 is 2.72 bits per heavy atom. The van der Waals surface area contributed by atoms with E-state index in [0.717, 1.165) is 11.3 Å². The third kappa shape index (κ3) is 4.20. The van der Waals surface area contributed by atoms with Crippen molar-refractivity contribution in [3.05, 3.63) is 10.2 Å². The summed E-state index contributed by atoms with van der Waals surface area (Å²) in [5, 5.41) is 0. The lowest BCUT2D eigenvalue weighted by Crippen LogP contribution is -2.25. The third-order valence-electron chi connectivity index (χ3n) is 2.05. The van der Waals surface area contributed by atoms with E-state index in [1.54, 1.807) is 6.92 Å². The van der Waals surface area contributed by atoms with Crippen molar-refractivity contribution in [3.63, 3.8) is 0 Å². The minimum absolute atomic E-state index is 0.102. The number of aryl methyl sites for hydroxylation is 1. The van der Waals surface area contributed by atoms with E-state index in [0.29, 0.717) is 12.1 Å². The van der Waals surface area contributed by atoms with E-state index in [1.807, 2.05) is 0 Å². The smallest absolute Gasteiger partial charge is 0.305 e. The number of carbonyl (C=O) groups excluding carboxylic acids is 1. The monoisotopic (exact) mass is 312 g/mol. The van der Waals surface area contributed by atoms with Gasteiger partial charge in [-0.05, 0) is 13.3 Å². The Hall–Kier alpha value is -0.700. The highest BCUT2D eigenvalue weighted by Crippen LogP contribution is 2.26. The van der Waals surface area contributed by atoms with E-state index in [1.165, 1.54) is 7.11 Å². The molecule has 0 saturated carbocycles. The Morgan fingerprint density at radius 1 is 1.56 bits per heavy atom. The Bertz CT molecular complexity index is 527. The molecule has 0 aromatic carbocycles. The molecule has 102 valence electrons. The summed E-state index contributed by atoms with van der Waals surface area (Å²) in [6, 6.07) is 0. The standard InChI is InChI=1S/C9H13ClN2O4S2/c1-6-8(17-9(10)12-6)18(14,15)11-5-3-4-7(13)16-2/h11H,3-5H2,1-2H3. The van der Waals surface area contributed by atoms with Crippen molar-refractivity contribution in [2.45, 2.75) is 24.0 Å².